The Kier molecular flexibility index (Phi) is 1.27. The maximum absolute atomic E-state index is 9.57. The minimum Gasteiger partial charge on any atom is -0.506 e. The van der Waals surface area contributed by atoms with Crippen LogP contribution in [0.25, 0.3) is 5.52 Å². The van der Waals surface area contributed by atoms with Crippen molar-refractivity contribution in [3.8, 4) is 5.75 Å². The van der Waals surface area contributed by atoms with Crippen molar-refractivity contribution in [3.05, 3.63) is 30.4 Å². The molecule has 2 heterocycles. The van der Waals surface area contributed by atoms with Crippen molar-refractivity contribution >= 4 is 5.52 Å². The summed E-state index contributed by atoms with van der Waals surface area (Å²) < 4.78 is 1.86. The predicted molar refractivity (Wildman–Crippen MR) is 52.0 cm³/mol. The summed E-state index contributed by atoms with van der Waals surface area (Å²) in [4.78, 5) is 4.27. The second kappa shape index (κ2) is 2.27. The Balaban J connectivity index is 2.32. The van der Waals surface area contributed by atoms with E-state index in [0.717, 1.165) is 24.2 Å². The van der Waals surface area contributed by atoms with Crippen LogP contribution in [0.4, 0.5) is 0 Å². The second-order valence-electron chi connectivity index (χ2n) is 3.89. The van der Waals surface area contributed by atoms with Crippen LogP contribution in [-0.2, 0) is 5.54 Å². The molecular formula is C10H11N3O. The molecular weight excluding hydrogens is 178 g/mol. The molecule has 1 fully saturated rings. The van der Waals surface area contributed by atoms with Gasteiger partial charge in [0.2, 0.25) is 0 Å². The summed E-state index contributed by atoms with van der Waals surface area (Å²) in [5.41, 5.74) is 6.52. The van der Waals surface area contributed by atoms with Crippen LogP contribution in [-0.4, -0.2) is 14.5 Å². The lowest BCUT2D eigenvalue weighted by Gasteiger charge is -2.07. The van der Waals surface area contributed by atoms with Gasteiger partial charge >= 0.3 is 0 Å². The Morgan fingerprint density at radius 1 is 1.50 bits per heavy atom. The third-order valence-corrected chi connectivity index (χ3v) is 2.78. The zero-order chi connectivity index (χ0) is 9.76. The Morgan fingerprint density at radius 3 is 3.00 bits per heavy atom. The highest BCUT2D eigenvalue weighted by molar-refractivity contribution is 5.59. The van der Waals surface area contributed by atoms with Crippen LogP contribution >= 0.6 is 0 Å². The molecule has 2 aromatic rings. The number of aromatic nitrogens is 2. The maximum Gasteiger partial charge on any atom is 0.141 e. The minimum atomic E-state index is -0.264. The van der Waals surface area contributed by atoms with Gasteiger partial charge in [0.25, 0.3) is 0 Å². The first-order valence-electron chi connectivity index (χ1n) is 4.65. The molecule has 1 aliphatic carbocycles. The Morgan fingerprint density at radius 2 is 2.29 bits per heavy atom. The summed E-state index contributed by atoms with van der Waals surface area (Å²) in [7, 11) is 0. The van der Waals surface area contributed by atoms with Crippen molar-refractivity contribution in [1.82, 2.24) is 9.38 Å². The lowest BCUT2D eigenvalue weighted by Crippen LogP contribution is -2.22. The molecule has 1 aliphatic rings. The SMILES string of the molecule is NC1(c2ncc3c(O)cccn23)CC1. The summed E-state index contributed by atoms with van der Waals surface area (Å²) >= 11 is 0. The van der Waals surface area contributed by atoms with Crippen molar-refractivity contribution in [2.45, 2.75) is 18.4 Å². The molecule has 0 radical (unpaired) electrons. The first kappa shape index (κ1) is 7.82. The van der Waals surface area contributed by atoms with Crippen LogP contribution in [0.2, 0.25) is 0 Å². The molecule has 4 heteroatoms. The zero-order valence-corrected chi connectivity index (χ0v) is 7.64. The predicted octanol–water partition coefficient (Wildman–Crippen LogP) is 0.988. The summed E-state index contributed by atoms with van der Waals surface area (Å²) in [5.74, 6) is 1.10. The molecule has 0 atom stereocenters. The molecule has 0 spiro atoms. The van der Waals surface area contributed by atoms with Gasteiger partial charge in [-0.2, -0.15) is 0 Å². The van der Waals surface area contributed by atoms with Crippen molar-refractivity contribution in [1.29, 1.82) is 0 Å². The van der Waals surface area contributed by atoms with Gasteiger partial charge in [-0.1, -0.05) is 0 Å². The molecule has 0 unspecified atom stereocenters. The molecule has 0 aliphatic heterocycles. The summed E-state index contributed by atoms with van der Waals surface area (Å²) in [6, 6.07) is 3.44. The van der Waals surface area contributed by atoms with Gasteiger partial charge in [-0.3, -0.25) is 4.40 Å². The molecule has 1 saturated carbocycles. The smallest absolute Gasteiger partial charge is 0.141 e. The van der Waals surface area contributed by atoms with Crippen LogP contribution in [0.3, 0.4) is 0 Å². The van der Waals surface area contributed by atoms with Gasteiger partial charge in [-0.25, -0.2) is 4.98 Å². The number of imidazole rings is 1. The largest absolute Gasteiger partial charge is 0.506 e. The fraction of sp³-hybridized carbons (Fsp3) is 0.300. The summed E-state index contributed by atoms with van der Waals surface area (Å²) in [6.45, 7) is 0. The van der Waals surface area contributed by atoms with Crippen LogP contribution < -0.4 is 5.73 Å². The molecule has 0 aromatic carbocycles. The lowest BCUT2D eigenvalue weighted by molar-refractivity contribution is 0.478. The number of fused-ring (bicyclic) bond motifs is 1. The van der Waals surface area contributed by atoms with E-state index in [2.05, 4.69) is 4.98 Å². The first-order chi connectivity index (χ1) is 6.71. The van der Waals surface area contributed by atoms with Crippen molar-refractivity contribution in [3.63, 3.8) is 0 Å². The number of hydrogen-bond donors (Lipinski definition) is 2. The third kappa shape index (κ3) is 0.886. The highest BCUT2D eigenvalue weighted by Crippen LogP contribution is 2.42. The average molecular weight is 189 g/mol. The molecule has 0 bridgehead atoms. The number of hydrogen-bond acceptors (Lipinski definition) is 3. The van der Waals surface area contributed by atoms with E-state index >= 15 is 0 Å². The Labute approximate surface area is 81.0 Å². The van der Waals surface area contributed by atoms with Crippen LogP contribution in [0.1, 0.15) is 18.7 Å². The van der Waals surface area contributed by atoms with Crippen LogP contribution in [0.5, 0.6) is 5.75 Å². The number of aromatic hydroxyl groups is 1. The van der Waals surface area contributed by atoms with Gasteiger partial charge in [0, 0.05) is 6.20 Å². The van der Waals surface area contributed by atoms with Gasteiger partial charge in [0.05, 0.1) is 11.7 Å². The number of rotatable bonds is 1. The molecule has 0 amide bonds. The number of pyridine rings is 1. The van der Waals surface area contributed by atoms with Crippen LogP contribution in [0.15, 0.2) is 24.5 Å². The molecule has 4 nitrogen and oxygen atoms in total. The minimum absolute atomic E-state index is 0.246. The molecule has 3 N–H and O–H groups in total. The van der Waals surface area contributed by atoms with Crippen molar-refractivity contribution in [2.24, 2.45) is 5.73 Å². The van der Waals surface area contributed by atoms with E-state index in [9.17, 15) is 5.11 Å². The van der Waals surface area contributed by atoms with E-state index in [1.807, 2.05) is 10.6 Å². The zero-order valence-electron chi connectivity index (χ0n) is 7.64. The molecule has 2 aromatic heterocycles. The van der Waals surface area contributed by atoms with Gasteiger partial charge in [0.15, 0.2) is 0 Å². The fourth-order valence-corrected chi connectivity index (χ4v) is 1.73. The Hall–Kier alpha value is -1.55. The number of nitrogens with two attached hydrogens (primary N) is 1. The maximum atomic E-state index is 9.57. The van der Waals surface area contributed by atoms with Crippen molar-refractivity contribution in [2.75, 3.05) is 0 Å². The van der Waals surface area contributed by atoms with E-state index in [-0.39, 0.29) is 11.3 Å². The highest BCUT2D eigenvalue weighted by atomic mass is 16.3. The van der Waals surface area contributed by atoms with E-state index in [1.54, 1.807) is 18.3 Å². The van der Waals surface area contributed by atoms with E-state index < -0.39 is 0 Å². The van der Waals surface area contributed by atoms with Gasteiger partial charge < -0.3 is 10.8 Å². The van der Waals surface area contributed by atoms with E-state index in [0.29, 0.717) is 0 Å². The van der Waals surface area contributed by atoms with Gasteiger partial charge in [-0.15, -0.1) is 0 Å². The lowest BCUT2D eigenvalue weighted by atomic mass is 10.3. The molecule has 72 valence electrons. The highest BCUT2D eigenvalue weighted by Gasteiger charge is 2.43. The van der Waals surface area contributed by atoms with E-state index in [1.165, 1.54) is 0 Å². The normalized spacial score (nSPS) is 18.6. The van der Waals surface area contributed by atoms with Gasteiger partial charge in [-0.05, 0) is 25.0 Å². The summed E-state index contributed by atoms with van der Waals surface area (Å²) in [5, 5.41) is 9.57. The number of nitrogens with zero attached hydrogens (tertiary/aromatic N) is 2. The molecule has 0 saturated heterocycles. The quantitative estimate of drug-likeness (QED) is 0.703. The first-order valence-corrected chi connectivity index (χ1v) is 4.65. The molecule has 14 heavy (non-hydrogen) atoms. The average Bonchev–Trinajstić information content (AvgIpc) is 2.77. The van der Waals surface area contributed by atoms with E-state index in [4.69, 9.17) is 5.73 Å². The third-order valence-electron chi connectivity index (χ3n) is 2.78. The van der Waals surface area contributed by atoms with Crippen molar-refractivity contribution < 1.29 is 5.11 Å². The monoisotopic (exact) mass is 189 g/mol. The fourth-order valence-electron chi connectivity index (χ4n) is 1.73. The Bertz CT molecular complexity index is 499. The standard InChI is InChI=1S/C10H11N3O/c11-10(3-4-10)9-12-6-7-8(14)2-1-5-13(7)9/h1-2,5-6,14H,3-4,11H2. The van der Waals surface area contributed by atoms with Gasteiger partial charge in [0.1, 0.15) is 17.1 Å². The molecule has 3 rings (SSSR count). The van der Waals surface area contributed by atoms with Crippen LogP contribution in [0, 0.1) is 0 Å². The summed E-state index contributed by atoms with van der Waals surface area (Å²) in [6.07, 6.45) is 5.49. The topological polar surface area (TPSA) is 63.5 Å². The second-order valence-corrected chi connectivity index (χ2v) is 3.89.